The van der Waals surface area contributed by atoms with E-state index in [-0.39, 0.29) is 12.5 Å². The summed E-state index contributed by atoms with van der Waals surface area (Å²) in [7, 11) is 3.28. The number of nitrogens with one attached hydrogen (secondary N) is 2. The summed E-state index contributed by atoms with van der Waals surface area (Å²) in [6, 6.07) is 7.88. The van der Waals surface area contributed by atoms with E-state index in [2.05, 4.69) is 17.6 Å². The molecule has 106 valence electrons. The molecule has 0 aliphatic carbocycles. The summed E-state index contributed by atoms with van der Waals surface area (Å²) in [4.78, 5) is 11.1. The molecule has 0 bridgehead atoms. The Hall–Kier alpha value is -1.75. The molecule has 1 rings (SSSR count). The van der Waals surface area contributed by atoms with E-state index >= 15 is 0 Å². The molecule has 0 aliphatic heterocycles. The molecule has 0 spiro atoms. The molecule has 0 aromatic heterocycles. The summed E-state index contributed by atoms with van der Waals surface area (Å²) in [6.07, 6.45) is 0.930. The zero-order valence-electron chi connectivity index (χ0n) is 11.7. The van der Waals surface area contributed by atoms with Gasteiger partial charge in [-0.15, -0.1) is 0 Å². The predicted octanol–water partition coefficient (Wildman–Crippen LogP) is 1.65. The topological polar surface area (TPSA) is 59.6 Å². The molecule has 1 aromatic rings. The van der Waals surface area contributed by atoms with Crippen molar-refractivity contribution in [2.75, 3.05) is 32.7 Å². The zero-order chi connectivity index (χ0) is 14.1. The van der Waals surface area contributed by atoms with Gasteiger partial charge in [0.05, 0.1) is 0 Å². The van der Waals surface area contributed by atoms with Gasteiger partial charge in [-0.3, -0.25) is 4.79 Å². The van der Waals surface area contributed by atoms with Crippen LogP contribution in [0.4, 0.5) is 5.69 Å². The Morgan fingerprint density at radius 2 is 2.21 bits per heavy atom. The van der Waals surface area contributed by atoms with Crippen molar-refractivity contribution in [1.29, 1.82) is 0 Å². The standard InChI is InChI=1S/C14H22N2O3/c1-11(7-8-18-3)16-12-5-4-6-13(9-12)19-10-14(17)15-2/h4-6,9,11,16H,7-8,10H2,1-3H3,(H,15,17). The molecule has 1 aromatic carbocycles. The monoisotopic (exact) mass is 266 g/mol. The van der Waals surface area contributed by atoms with E-state index in [1.165, 1.54) is 0 Å². The van der Waals surface area contributed by atoms with E-state index in [0.717, 1.165) is 18.7 Å². The predicted molar refractivity (Wildman–Crippen MR) is 75.6 cm³/mol. The summed E-state index contributed by atoms with van der Waals surface area (Å²) < 4.78 is 10.4. The van der Waals surface area contributed by atoms with E-state index in [9.17, 15) is 4.79 Å². The number of likely N-dealkylation sites (N-methyl/N-ethyl adjacent to an activating group) is 1. The van der Waals surface area contributed by atoms with Gasteiger partial charge in [-0.2, -0.15) is 0 Å². The highest BCUT2D eigenvalue weighted by Gasteiger charge is 2.04. The highest BCUT2D eigenvalue weighted by molar-refractivity contribution is 5.77. The third-order valence-corrected chi connectivity index (χ3v) is 2.65. The Kier molecular flexibility index (Phi) is 6.74. The van der Waals surface area contributed by atoms with E-state index in [4.69, 9.17) is 9.47 Å². The maximum absolute atomic E-state index is 11.1. The average molecular weight is 266 g/mol. The first-order valence-corrected chi connectivity index (χ1v) is 6.34. The number of anilines is 1. The molecule has 2 N–H and O–H groups in total. The first-order chi connectivity index (χ1) is 9.15. The number of amides is 1. The van der Waals surface area contributed by atoms with Crippen molar-refractivity contribution in [3.63, 3.8) is 0 Å². The smallest absolute Gasteiger partial charge is 0.257 e. The highest BCUT2D eigenvalue weighted by atomic mass is 16.5. The summed E-state index contributed by atoms with van der Waals surface area (Å²) in [5.74, 6) is 0.527. The van der Waals surface area contributed by atoms with E-state index < -0.39 is 0 Å². The lowest BCUT2D eigenvalue weighted by Gasteiger charge is -2.15. The fraction of sp³-hybridized carbons (Fsp3) is 0.500. The second-order valence-corrected chi connectivity index (χ2v) is 4.32. The van der Waals surface area contributed by atoms with Crippen LogP contribution in [0.1, 0.15) is 13.3 Å². The lowest BCUT2D eigenvalue weighted by atomic mass is 10.2. The molecule has 5 nitrogen and oxygen atoms in total. The van der Waals surface area contributed by atoms with Crippen molar-refractivity contribution in [3.8, 4) is 5.75 Å². The highest BCUT2D eigenvalue weighted by Crippen LogP contribution is 2.18. The Morgan fingerprint density at radius 1 is 1.42 bits per heavy atom. The van der Waals surface area contributed by atoms with Crippen molar-refractivity contribution in [2.45, 2.75) is 19.4 Å². The summed E-state index contributed by atoms with van der Waals surface area (Å²) in [5.41, 5.74) is 0.970. The molecule has 0 radical (unpaired) electrons. The number of rotatable bonds is 8. The van der Waals surface area contributed by atoms with Crippen LogP contribution in [0, 0.1) is 0 Å². The third-order valence-electron chi connectivity index (χ3n) is 2.65. The second-order valence-electron chi connectivity index (χ2n) is 4.32. The second kappa shape index (κ2) is 8.37. The number of methoxy groups -OCH3 is 1. The maximum Gasteiger partial charge on any atom is 0.257 e. The van der Waals surface area contributed by atoms with Crippen LogP contribution in [0.15, 0.2) is 24.3 Å². The van der Waals surface area contributed by atoms with Crippen molar-refractivity contribution < 1.29 is 14.3 Å². The number of hydrogen-bond donors (Lipinski definition) is 2. The normalized spacial score (nSPS) is 11.7. The van der Waals surface area contributed by atoms with E-state index in [0.29, 0.717) is 11.8 Å². The molecule has 1 unspecified atom stereocenters. The van der Waals surface area contributed by atoms with Crippen molar-refractivity contribution in [1.82, 2.24) is 5.32 Å². The summed E-state index contributed by atoms with van der Waals surface area (Å²) in [5, 5.41) is 5.87. The zero-order valence-corrected chi connectivity index (χ0v) is 11.7. The molecule has 5 heteroatoms. The van der Waals surface area contributed by atoms with Gasteiger partial charge in [0.15, 0.2) is 6.61 Å². The molecule has 1 atom stereocenters. The SMILES string of the molecule is CNC(=O)COc1cccc(NC(C)CCOC)c1. The van der Waals surface area contributed by atoms with Crippen LogP contribution in [0.3, 0.4) is 0 Å². The minimum absolute atomic E-state index is 0.0270. The molecular weight excluding hydrogens is 244 g/mol. The lowest BCUT2D eigenvalue weighted by Crippen LogP contribution is -2.24. The molecule has 19 heavy (non-hydrogen) atoms. The fourth-order valence-electron chi connectivity index (χ4n) is 1.55. The summed E-state index contributed by atoms with van der Waals surface area (Å²) >= 11 is 0. The van der Waals surface area contributed by atoms with E-state index in [1.807, 2.05) is 24.3 Å². The molecule has 1 amide bonds. The minimum Gasteiger partial charge on any atom is -0.484 e. The largest absolute Gasteiger partial charge is 0.484 e. The van der Waals surface area contributed by atoms with Gasteiger partial charge in [0.1, 0.15) is 5.75 Å². The van der Waals surface area contributed by atoms with Gasteiger partial charge in [-0.05, 0) is 25.5 Å². The minimum atomic E-state index is -0.146. The van der Waals surface area contributed by atoms with Crippen molar-refractivity contribution in [2.24, 2.45) is 0 Å². The van der Waals surface area contributed by atoms with Gasteiger partial charge >= 0.3 is 0 Å². The van der Waals surface area contributed by atoms with Gasteiger partial charge in [-0.25, -0.2) is 0 Å². The average Bonchev–Trinajstić information content (AvgIpc) is 2.43. The third kappa shape index (κ3) is 6.10. The van der Waals surface area contributed by atoms with Crippen molar-refractivity contribution in [3.05, 3.63) is 24.3 Å². The van der Waals surface area contributed by atoms with Gasteiger partial charge in [0.2, 0.25) is 0 Å². The van der Waals surface area contributed by atoms with Gasteiger partial charge in [-0.1, -0.05) is 6.07 Å². The van der Waals surface area contributed by atoms with Gasteiger partial charge in [0.25, 0.3) is 5.91 Å². The van der Waals surface area contributed by atoms with Crippen LogP contribution in [-0.2, 0) is 9.53 Å². The molecule has 0 heterocycles. The van der Waals surface area contributed by atoms with Crippen LogP contribution in [0.2, 0.25) is 0 Å². The summed E-state index contributed by atoms with van der Waals surface area (Å²) in [6.45, 7) is 2.84. The number of carbonyl (C=O) groups is 1. The van der Waals surface area contributed by atoms with Gasteiger partial charge < -0.3 is 20.1 Å². The number of carbonyl (C=O) groups excluding carboxylic acids is 1. The first-order valence-electron chi connectivity index (χ1n) is 6.34. The lowest BCUT2D eigenvalue weighted by molar-refractivity contribution is -0.122. The molecule has 0 saturated carbocycles. The fourth-order valence-corrected chi connectivity index (χ4v) is 1.55. The van der Waals surface area contributed by atoms with Gasteiger partial charge in [0, 0.05) is 38.6 Å². The number of ether oxygens (including phenoxy) is 2. The number of benzene rings is 1. The van der Waals surface area contributed by atoms with Crippen LogP contribution < -0.4 is 15.4 Å². The molecule has 0 fully saturated rings. The Balaban J connectivity index is 2.49. The van der Waals surface area contributed by atoms with Crippen LogP contribution in [0.5, 0.6) is 5.75 Å². The quantitative estimate of drug-likeness (QED) is 0.751. The van der Waals surface area contributed by atoms with Crippen LogP contribution in [-0.4, -0.2) is 39.3 Å². The Labute approximate surface area is 114 Å². The van der Waals surface area contributed by atoms with Crippen LogP contribution in [0.25, 0.3) is 0 Å². The first kappa shape index (κ1) is 15.3. The molecule has 0 aliphatic rings. The van der Waals surface area contributed by atoms with Crippen LogP contribution >= 0.6 is 0 Å². The maximum atomic E-state index is 11.1. The Bertz CT molecular complexity index is 396. The molecular formula is C14H22N2O3. The molecule has 0 saturated heterocycles. The van der Waals surface area contributed by atoms with Crippen molar-refractivity contribution >= 4 is 11.6 Å². The Morgan fingerprint density at radius 3 is 2.89 bits per heavy atom. The van der Waals surface area contributed by atoms with E-state index in [1.54, 1.807) is 14.2 Å². The number of hydrogen-bond acceptors (Lipinski definition) is 4.